The zero-order valence-corrected chi connectivity index (χ0v) is 10.5. The molecule has 0 bridgehead atoms. The van der Waals surface area contributed by atoms with E-state index in [1.54, 1.807) is 0 Å². The van der Waals surface area contributed by atoms with Crippen molar-refractivity contribution in [3.8, 4) is 0 Å². The molecule has 0 aromatic carbocycles. The van der Waals surface area contributed by atoms with Gasteiger partial charge < -0.3 is 10.0 Å². The number of hydrogen-bond acceptors (Lipinski definition) is 2. The summed E-state index contributed by atoms with van der Waals surface area (Å²) in [5.74, 6) is 0.126. The van der Waals surface area contributed by atoms with Crippen LogP contribution in [-0.4, -0.2) is 17.2 Å². The second-order valence-electron chi connectivity index (χ2n) is 5.29. The Morgan fingerprint density at radius 2 is 0.875 bits per heavy atom. The molecule has 0 aromatic heterocycles. The SMILES string of the molecule is OB(O)C1CCCCCCCCCCCC1. The third-order valence-electron chi connectivity index (χ3n) is 3.82. The summed E-state index contributed by atoms with van der Waals surface area (Å²) in [6.45, 7) is 0. The highest BCUT2D eigenvalue weighted by Crippen LogP contribution is 2.25. The van der Waals surface area contributed by atoms with E-state index in [0.29, 0.717) is 0 Å². The van der Waals surface area contributed by atoms with Crippen LogP contribution in [0.25, 0.3) is 0 Å². The standard InChI is InChI=1S/C13H27BO2/c15-14(16)13-11-9-7-5-3-1-2-4-6-8-10-12-13/h13,15-16H,1-12H2. The van der Waals surface area contributed by atoms with Crippen molar-refractivity contribution >= 4 is 7.12 Å². The molecule has 1 saturated carbocycles. The van der Waals surface area contributed by atoms with Crippen molar-refractivity contribution in [2.24, 2.45) is 0 Å². The molecule has 2 nitrogen and oxygen atoms in total. The number of hydrogen-bond donors (Lipinski definition) is 2. The molecule has 0 spiro atoms. The summed E-state index contributed by atoms with van der Waals surface area (Å²) in [5.41, 5.74) is 0. The molecule has 3 heteroatoms. The Balaban J connectivity index is 2.26. The lowest BCUT2D eigenvalue weighted by atomic mass is 9.67. The molecule has 0 aromatic rings. The van der Waals surface area contributed by atoms with E-state index in [1.807, 2.05) is 0 Å². The van der Waals surface area contributed by atoms with Crippen LogP contribution in [0.15, 0.2) is 0 Å². The van der Waals surface area contributed by atoms with Crippen molar-refractivity contribution in [2.75, 3.05) is 0 Å². The highest BCUT2D eigenvalue weighted by Gasteiger charge is 2.21. The molecule has 0 radical (unpaired) electrons. The van der Waals surface area contributed by atoms with Gasteiger partial charge >= 0.3 is 7.12 Å². The molecule has 0 saturated heterocycles. The van der Waals surface area contributed by atoms with Gasteiger partial charge in [-0.2, -0.15) is 0 Å². The van der Waals surface area contributed by atoms with Crippen LogP contribution in [0.2, 0.25) is 5.82 Å². The van der Waals surface area contributed by atoms with Gasteiger partial charge in [0, 0.05) is 0 Å². The highest BCUT2D eigenvalue weighted by molar-refractivity contribution is 6.43. The summed E-state index contributed by atoms with van der Waals surface area (Å²) in [6.07, 6.45) is 15.0. The zero-order valence-electron chi connectivity index (χ0n) is 10.5. The van der Waals surface area contributed by atoms with Crippen molar-refractivity contribution in [1.29, 1.82) is 0 Å². The van der Waals surface area contributed by atoms with Crippen LogP contribution in [0.1, 0.15) is 77.0 Å². The van der Waals surface area contributed by atoms with Gasteiger partial charge in [-0.1, -0.05) is 77.0 Å². The van der Waals surface area contributed by atoms with Crippen LogP contribution in [0.4, 0.5) is 0 Å². The largest absolute Gasteiger partial charge is 0.454 e. The molecule has 2 N–H and O–H groups in total. The summed E-state index contributed by atoms with van der Waals surface area (Å²) in [5, 5.41) is 18.6. The second kappa shape index (κ2) is 9.06. The third-order valence-corrected chi connectivity index (χ3v) is 3.82. The molecule has 1 aliphatic carbocycles. The Labute approximate surface area is 101 Å². The number of rotatable bonds is 1. The average Bonchev–Trinajstić information content (AvgIpc) is 2.28. The van der Waals surface area contributed by atoms with E-state index >= 15 is 0 Å². The lowest BCUT2D eigenvalue weighted by Crippen LogP contribution is -2.20. The first-order valence-corrected chi connectivity index (χ1v) is 7.17. The van der Waals surface area contributed by atoms with Crippen LogP contribution in [0.5, 0.6) is 0 Å². The highest BCUT2D eigenvalue weighted by atomic mass is 16.4. The fourth-order valence-electron chi connectivity index (χ4n) is 2.67. The van der Waals surface area contributed by atoms with Gasteiger partial charge in [0.15, 0.2) is 0 Å². The van der Waals surface area contributed by atoms with Crippen LogP contribution in [0.3, 0.4) is 0 Å². The van der Waals surface area contributed by atoms with E-state index in [9.17, 15) is 10.0 Å². The Hall–Kier alpha value is -0.0151. The van der Waals surface area contributed by atoms with E-state index in [1.165, 1.54) is 64.2 Å². The summed E-state index contributed by atoms with van der Waals surface area (Å²) < 4.78 is 0. The molecular weight excluding hydrogens is 199 g/mol. The smallest absolute Gasteiger partial charge is 0.427 e. The van der Waals surface area contributed by atoms with Gasteiger partial charge in [-0.15, -0.1) is 0 Å². The first kappa shape index (κ1) is 14.0. The van der Waals surface area contributed by atoms with Crippen molar-refractivity contribution in [2.45, 2.75) is 82.9 Å². The van der Waals surface area contributed by atoms with Gasteiger partial charge in [0.1, 0.15) is 0 Å². The van der Waals surface area contributed by atoms with Crippen molar-refractivity contribution in [3.05, 3.63) is 0 Å². The van der Waals surface area contributed by atoms with Crippen LogP contribution >= 0.6 is 0 Å². The predicted octanol–water partition coefficient (Wildman–Crippen LogP) is 3.52. The minimum absolute atomic E-state index is 0.126. The monoisotopic (exact) mass is 226 g/mol. The van der Waals surface area contributed by atoms with Crippen LogP contribution in [0, 0.1) is 0 Å². The molecule has 0 atom stereocenters. The summed E-state index contributed by atoms with van der Waals surface area (Å²) in [6, 6.07) is 0. The maximum absolute atomic E-state index is 9.29. The van der Waals surface area contributed by atoms with E-state index in [4.69, 9.17) is 0 Å². The Morgan fingerprint density at radius 1 is 0.562 bits per heavy atom. The predicted molar refractivity (Wildman–Crippen MR) is 69.3 cm³/mol. The Bertz CT molecular complexity index is 148. The zero-order chi connectivity index (χ0) is 11.6. The lowest BCUT2D eigenvalue weighted by molar-refractivity contribution is 0.365. The van der Waals surface area contributed by atoms with Gasteiger partial charge in [-0.25, -0.2) is 0 Å². The minimum atomic E-state index is -1.09. The summed E-state index contributed by atoms with van der Waals surface area (Å²) >= 11 is 0. The quantitative estimate of drug-likeness (QED) is 0.671. The first-order valence-electron chi connectivity index (χ1n) is 7.17. The second-order valence-corrected chi connectivity index (χ2v) is 5.29. The maximum Gasteiger partial charge on any atom is 0.454 e. The Kier molecular flexibility index (Phi) is 7.95. The van der Waals surface area contributed by atoms with E-state index in [2.05, 4.69) is 0 Å². The van der Waals surface area contributed by atoms with Crippen molar-refractivity contribution < 1.29 is 10.0 Å². The van der Waals surface area contributed by atoms with E-state index < -0.39 is 7.12 Å². The molecule has 16 heavy (non-hydrogen) atoms. The summed E-state index contributed by atoms with van der Waals surface area (Å²) in [4.78, 5) is 0. The average molecular weight is 226 g/mol. The fraction of sp³-hybridized carbons (Fsp3) is 1.00. The van der Waals surface area contributed by atoms with Crippen LogP contribution < -0.4 is 0 Å². The summed E-state index contributed by atoms with van der Waals surface area (Å²) in [7, 11) is -1.09. The molecule has 1 aliphatic rings. The van der Waals surface area contributed by atoms with E-state index in [-0.39, 0.29) is 5.82 Å². The molecular formula is C13H27BO2. The Morgan fingerprint density at radius 3 is 1.19 bits per heavy atom. The fourth-order valence-corrected chi connectivity index (χ4v) is 2.67. The van der Waals surface area contributed by atoms with Crippen LogP contribution in [-0.2, 0) is 0 Å². The van der Waals surface area contributed by atoms with Gasteiger partial charge in [-0.05, 0) is 5.82 Å². The first-order chi connectivity index (χ1) is 7.80. The van der Waals surface area contributed by atoms with Gasteiger partial charge in [0.25, 0.3) is 0 Å². The molecule has 1 fully saturated rings. The van der Waals surface area contributed by atoms with Crippen molar-refractivity contribution in [1.82, 2.24) is 0 Å². The lowest BCUT2D eigenvalue weighted by Gasteiger charge is -2.15. The molecule has 0 aliphatic heterocycles. The maximum atomic E-state index is 9.29. The molecule has 1 rings (SSSR count). The molecule has 94 valence electrons. The molecule has 0 heterocycles. The topological polar surface area (TPSA) is 40.5 Å². The van der Waals surface area contributed by atoms with E-state index in [0.717, 1.165) is 12.8 Å². The molecule has 0 unspecified atom stereocenters. The van der Waals surface area contributed by atoms with Crippen molar-refractivity contribution in [3.63, 3.8) is 0 Å². The van der Waals surface area contributed by atoms with Gasteiger partial charge in [-0.3, -0.25) is 0 Å². The minimum Gasteiger partial charge on any atom is -0.427 e. The normalized spacial score (nSPS) is 22.9. The third kappa shape index (κ3) is 6.54. The van der Waals surface area contributed by atoms with Gasteiger partial charge in [0.05, 0.1) is 0 Å². The van der Waals surface area contributed by atoms with Gasteiger partial charge in [0.2, 0.25) is 0 Å². The molecule has 0 amide bonds.